The lowest BCUT2D eigenvalue weighted by Crippen LogP contribution is -2.33. The second-order valence-corrected chi connectivity index (χ2v) is 5.77. The van der Waals surface area contributed by atoms with Gasteiger partial charge in [-0.1, -0.05) is 30.3 Å². The van der Waals surface area contributed by atoms with Gasteiger partial charge in [0, 0.05) is 23.3 Å². The summed E-state index contributed by atoms with van der Waals surface area (Å²) in [6.07, 6.45) is 3.88. The lowest BCUT2D eigenvalue weighted by Gasteiger charge is -2.10. The summed E-state index contributed by atoms with van der Waals surface area (Å²) in [4.78, 5) is 12.4. The first-order chi connectivity index (χ1) is 12.7. The molecule has 0 fully saturated rings. The molecule has 0 aliphatic heterocycles. The minimum Gasteiger partial charge on any atom is -0.493 e. The van der Waals surface area contributed by atoms with E-state index in [-0.39, 0.29) is 5.91 Å². The summed E-state index contributed by atoms with van der Waals surface area (Å²) < 4.78 is 12.5. The molecule has 132 valence electrons. The molecule has 1 aromatic heterocycles. The van der Waals surface area contributed by atoms with Crippen LogP contribution in [0.2, 0.25) is 0 Å². The predicted molar refractivity (Wildman–Crippen MR) is 99.7 cm³/mol. The highest BCUT2D eigenvalue weighted by atomic mass is 16.5. The van der Waals surface area contributed by atoms with E-state index < -0.39 is 0 Å². The highest BCUT2D eigenvalue weighted by Crippen LogP contribution is 2.27. The van der Waals surface area contributed by atoms with Crippen molar-refractivity contribution in [2.75, 3.05) is 19.5 Å². The number of methoxy groups -OCH3 is 2. The van der Waals surface area contributed by atoms with Crippen molar-refractivity contribution in [3.8, 4) is 11.5 Å². The number of amides is 1. The van der Waals surface area contributed by atoms with E-state index in [4.69, 9.17) is 9.47 Å². The Labute approximate surface area is 152 Å². The van der Waals surface area contributed by atoms with E-state index in [1.165, 1.54) is 5.56 Å². The first-order valence-electron chi connectivity index (χ1n) is 8.26. The molecule has 0 bridgehead atoms. The van der Waals surface area contributed by atoms with E-state index in [1.807, 2.05) is 42.7 Å². The van der Waals surface area contributed by atoms with Gasteiger partial charge in [-0.15, -0.1) is 0 Å². The molecule has 2 aromatic carbocycles. The van der Waals surface area contributed by atoms with Crippen LogP contribution in [0.1, 0.15) is 15.9 Å². The summed E-state index contributed by atoms with van der Waals surface area (Å²) in [5, 5.41) is 2.89. The molecule has 1 N–H and O–H groups in total. The highest BCUT2D eigenvalue weighted by molar-refractivity contribution is 6.04. The standard InChI is InChI=1S/C21H20N2O3/c1-25-19-9-8-17(14-20(19)26-2)21(24)22-18-10-12-23(13-11-18)15-16-6-4-3-5-7-16/h3-14H,15H2,1-2H3/p+1. The smallest absolute Gasteiger partial charge is 0.255 e. The number of nitrogens with one attached hydrogen (secondary N) is 1. The summed E-state index contributed by atoms with van der Waals surface area (Å²) in [7, 11) is 3.11. The van der Waals surface area contributed by atoms with Gasteiger partial charge in [0.2, 0.25) is 0 Å². The van der Waals surface area contributed by atoms with Gasteiger partial charge < -0.3 is 14.8 Å². The molecule has 3 aromatic rings. The minimum absolute atomic E-state index is 0.202. The van der Waals surface area contributed by atoms with E-state index in [0.717, 1.165) is 12.2 Å². The Balaban J connectivity index is 1.68. The third kappa shape index (κ3) is 4.19. The van der Waals surface area contributed by atoms with Gasteiger partial charge in [-0.05, 0) is 18.2 Å². The van der Waals surface area contributed by atoms with Crippen molar-refractivity contribution < 1.29 is 18.8 Å². The van der Waals surface area contributed by atoms with Gasteiger partial charge in [0.1, 0.15) is 0 Å². The fraction of sp³-hybridized carbons (Fsp3) is 0.143. The summed E-state index contributed by atoms with van der Waals surface area (Å²) in [6, 6.07) is 19.0. The zero-order valence-corrected chi connectivity index (χ0v) is 14.8. The molecule has 0 spiro atoms. The molecule has 0 aliphatic rings. The molecule has 5 nitrogen and oxygen atoms in total. The fourth-order valence-electron chi connectivity index (χ4n) is 2.62. The number of benzene rings is 2. The first kappa shape index (κ1) is 17.5. The lowest BCUT2D eigenvalue weighted by atomic mass is 10.2. The largest absolute Gasteiger partial charge is 0.493 e. The van der Waals surface area contributed by atoms with Crippen LogP contribution in [0.15, 0.2) is 73.1 Å². The van der Waals surface area contributed by atoms with E-state index in [0.29, 0.717) is 17.1 Å². The van der Waals surface area contributed by atoms with Crippen LogP contribution in [0.25, 0.3) is 0 Å². The Morgan fingerprint density at radius 1 is 0.923 bits per heavy atom. The monoisotopic (exact) mass is 349 g/mol. The van der Waals surface area contributed by atoms with Crippen molar-refractivity contribution in [2.45, 2.75) is 6.54 Å². The van der Waals surface area contributed by atoms with Gasteiger partial charge in [0.25, 0.3) is 5.91 Å². The van der Waals surface area contributed by atoms with Crippen LogP contribution in [0.3, 0.4) is 0 Å². The zero-order chi connectivity index (χ0) is 18.4. The fourth-order valence-corrected chi connectivity index (χ4v) is 2.62. The number of pyridine rings is 1. The lowest BCUT2D eigenvalue weighted by molar-refractivity contribution is -0.688. The van der Waals surface area contributed by atoms with Gasteiger partial charge in [-0.25, -0.2) is 4.57 Å². The maximum Gasteiger partial charge on any atom is 0.255 e. The molecule has 1 heterocycles. The molecular weight excluding hydrogens is 328 g/mol. The normalized spacial score (nSPS) is 10.2. The van der Waals surface area contributed by atoms with Crippen LogP contribution in [-0.4, -0.2) is 20.1 Å². The van der Waals surface area contributed by atoms with Crippen LogP contribution in [0.5, 0.6) is 11.5 Å². The molecule has 26 heavy (non-hydrogen) atoms. The van der Waals surface area contributed by atoms with E-state index in [1.54, 1.807) is 32.4 Å². The van der Waals surface area contributed by atoms with Crippen LogP contribution >= 0.6 is 0 Å². The molecule has 3 rings (SSSR count). The maximum atomic E-state index is 12.4. The van der Waals surface area contributed by atoms with E-state index >= 15 is 0 Å². The summed E-state index contributed by atoms with van der Waals surface area (Å²) in [5.74, 6) is 0.909. The number of ether oxygens (including phenoxy) is 2. The molecule has 0 radical (unpaired) electrons. The van der Waals surface area contributed by atoms with Gasteiger partial charge in [0.05, 0.1) is 19.9 Å². The molecule has 0 saturated carbocycles. The van der Waals surface area contributed by atoms with Gasteiger partial charge in [-0.3, -0.25) is 4.79 Å². The number of nitrogens with zero attached hydrogens (tertiary/aromatic N) is 1. The molecule has 0 unspecified atom stereocenters. The molecule has 5 heteroatoms. The number of hydrogen-bond donors (Lipinski definition) is 1. The Morgan fingerprint density at radius 2 is 1.62 bits per heavy atom. The van der Waals surface area contributed by atoms with E-state index in [2.05, 4.69) is 22.0 Å². The topological polar surface area (TPSA) is 51.4 Å². The number of hydrogen-bond acceptors (Lipinski definition) is 3. The average Bonchev–Trinajstić information content (AvgIpc) is 2.69. The predicted octanol–water partition coefficient (Wildman–Crippen LogP) is 3.29. The molecular formula is C21H21N2O3+. The first-order valence-corrected chi connectivity index (χ1v) is 8.26. The minimum atomic E-state index is -0.202. The zero-order valence-electron chi connectivity index (χ0n) is 14.8. The molecule has 0 atom stereocenters. The van der Waals surface area contributed by atoms with Gasteiger partial charge in [0.15, 0.2) is 30.4 Å². The Kier molecular flexibility index (Phi) is 5.49. The number of carbonyl (C=O) groups is 1. The Bertz CT molecular complexity index is 878. The van der Waals surface area contributed by atoms with Crippen LogP contribution in [-0.2, 0) is 6.54 Å². The third-order valence-corrected chi connectivity index (χ3v) is 4.00. The van der Waals surface area contributed by atoms with Crippen molar-refractivity contribution in [1.82, 2.24) is 0 Å². The number of anilines is 1. The van der Waals surface area contributed by atoms with Crippen molar-refractivity contribution in [2.24, 2.45) is 0 Å². The van der Waals surface area contributed by atoms with Crippen molar-refractivity contribution in [1.29, 1.82) is 0 Å². The quantitative estimate of drug-likeness (QED) is 0.695. The van der Waals surface area contributed by atoms with Crippen molar-refractivity contribution >= 4 is 11.6 Å². The van der Waals surface area contributed by atoms with Gasteiger partial charge in [-0.2, -0.15) is 0 Å². The highest BCUT2D eigenvalue weighted by Gasteiger charge is 2.12. The van der Waals surface area contributed by atoms with Gasteiger partial charge >= 0.3 is 0 Å². The Morgan fingerprint density at radius 3 is 2.27 bits per heavy atom. The summed E-state index contributed by atoms with van der Waals surface area (Å²) >= 11 is 0. The second-order valence-electron chi connectivity index (χ2n) is 5.77. The van der Waals surface area contributed by atoms with Crippen molar-refractivity contribution in [3.63, 3.8) is 0 Å². The number of aromatic nitrogens is 1. The number of carbonyl (C=O) groups excluding carboxylic acids is 1. The third-order valence-electron chi connectivity index (χ3n) is 4.00. The summed E-state index contributed by atoms with van der Waals surface area (Å²) in [6.45, 7) is 0.782. The molecule has 0 saturated heterocycles. The van der Waals surface area contributed by atoms with Crippen LogP contribution < -0.4 is 19.4 Å². The maximum absolute atomic E-state index is 12.4. The molecule has 1 amide bonds. The van der Waals surface area contributed by atoms with Crippen LogP contribution in [0.4, 0.5) is 5.69 Å². The molecule has 0 aliphatic carbocycles. The summed E-state index contributed by atoms with van der Waals surface area (Å²) in [5.41, 5.74) is 2.46. The SMILES string of the molecule is COc1ccc(C(=O)Nc2cc[n+](Cc3ccccc3)cc2)cc1OC. The van der Waals surface area contributed by atoms with E-state index in [9.17, 15) is 4.79 Å². The second kappa shape index (κ2) is 8.16. The van der Waals surface area contributed by atoms with Crippen molar-refractivity contribution in [3.05, 3.63) is 84.2 Å². The average molecular weight is 349 g/mol. The Hall–Kier alpha value is -3.34. The van der Waals surface area contributed by atoms with Crippen LogP contribution in [0, 0.1) is 0 Å². The number of rotatable bonds is 6.